The van der Waals surface area contributed by atoms with Crippen molar-refractivity contribution >= 4 is 23.2 Å². The molecule has 0 saturated carbocycles. The number of benzene rings is 2. The van der Waals surface area contributed by atoms with Crippen LogP contribution in [0.2, 0.25) is 0 Å². The molecule has 0 spiro atoms. The second-order valence-corrected chi connectivity index (χ2v) is 8.54. The first-order chi connectivity index (χ1) is 14.3. The van der Waals surface area contributed by atoms with Crippen LogP contribution in [0, 0.1) is 27.7 Å². The van der Waals surface area contributed by atoms with E-state index in [2.05, 4.69) is 16.7 Å². The topological polar surface area (TPSA) is 67.1 Å². The van der Waals surface area contributed by atoms with Crippen molar-refractivity contribution in [1.82, 2.24) is 0 Å². The summed E-state index contributed by atoms with van der Waals surface area (Å²) in [6.07, 6.45) is 0. The van der Waals surface area contributed by atoms with Gasteiger partial charge in [-0.1, -0.05) is 35.9 Å². The van der Waals surface area contributed by atoms with Crippen LogP contribution >= 0.6 is 0 Å². The number of carbonyl (C=O) groups is 2. The van der Waals surface area contributed by atoms with Crippen molar-refractivity contribution in [2.24, 2.45) is 0 Å². The highest BCUT2D eigenvalue weighted by molar-refractivity contribution is 5.93. The second-order valence-electron chi connectivity index (χ2n) is 8.54. The Morgan fingerprint density at radius 1 is 0.767 bits per heavy atom. The molecule has 2 aromatic rings. The Bertz CT molecular complexity index is 897. The summed E-state index contributed by atoms with van der Waals surface area (Å²) >= 11 is 0. The lowest BCUT2D eigenvalue weighted by Crippen LogP contribution is -3.28. The summed E-state index contributed by atoms with van der Waals surface area (Å²) in [5.41, 5.74) is 6.26. The van der Waals surface area contributed by atoms with Crippen LogP contribution in [0.1, 0.15) is 22.3 Å². The molecule has 0 unspecified atom stereocenters. The molecule has 6 heteroatoms. The average Bonchev–Trinajstić information content (AvgIpc) is 2.69. The van der Waals surface area contributed by atoms with Crippen molar-refractivity contribution in [3.05, 3.63) is 58.7 Å². The molecule has 1 aliphatic heterocycles. The van der Waals surface area contributed by atoms with Crippen molar-refractivity contribution in [1.29, 1.82) is 0 Å². The van der Waals surface area contributed by atoms with Crippen LogP contribution in [-0.4, -0.2) is 51.1 Å². The molecule has 1 saturated heterocycles. The van der Waals surface area contributed by atoms with Gasteiger partial charge in [0.1, 0.15) is 26.2 Å². The molecule has 30 heavy (non-hydrogen) atoms. The molecule has 4 N–H and O–H groups in total. The smallest absolute Gasteiger partial charge is 0.279 e. The lowest BCUT2D eigenvalue weighted by atomic mass is 10.1. The summed E-state index contributed by atoms with van der Waals surface area (Å²) in [4.78, 5) is 27.5. The van der Waals surface area contributed by atoms with Crippen molar-refractivity contribution < 1.29 is 19.4 Å². The number of hydrogen-bond acceptors (Lipinski definition) is 2. The first-order valence-electron chi connectivity index (χ1n) is 10.7. The summed E-state index contributed by atoms with van der Waals surface area (Å²) < 4.78 is 0. The van der Waals surface area contributed by atoms with E-state index in [1.807, 2.05) is 58.0 Å². The minimum atomic E-state index is 0.0492. The quantitative estimate of drug-likeness (QED) is 0.553. The first-order valence-corrected chi connectivity index (χ1v) is 10.7. The van der Waals surface area contributed by atoms with Gasteiger partial charge in [0, 0.05) is 11.4 Å². The van der Waals surface area contributed by atoms with E-state index in [9.17, 15) is 9.59 Å². The van der Waals surface area contributed by atoms with E-state index in [4.69, 9.17) is 0 Å². The summed E-state index contributed by atoms with van der Waals surface area (Å²) in [6, 6.07) is 12.1. The van der Waals surface area contributed by atoms with Gasteiger partial charge in [0.25, 0.3) is 11.8 Å². The van der Waals surface area contributed by atoms with E-state index in [1.165, 1.54) is 15.4 Å². The molecular weight excluding hydrogens is 376 g/mol. The molecule has 1 heterocycles. The number of aryl methyl sites for hydroxylation is 4. The van der Waals surface area contributed by atoms with Crippen LogP contribution in [0.25, 0.3) is 0 Å². The number of carbonyl (C=O) groups excluding carboxylic acids is 2. The Labute approximate surface area is 179 Å². The zero-order chi connectivity index (χ0) is 21.7. The summed E-state index contributed by atoms with van der Waals surface area (Å²) in [5.74, 6) is 0.103. The third-order valence-electron chi connectivity index (χ3n) is 5.89. The molecule has 3 rings (SSSR count). The molecule has 2 amide bonds. The summed E-state index contributed by atoms with van der Waals surface area (Å²) in [7, 11) is 0. The zero-order valence-electron chi connectivity index (χ0n) is 18.5. The minimum Gasteiger partial charge on any atom is -0.321 e. The van der Waals surface area contributed by atoms with E-state index in [0.29, 0.717) is 13.1 Å². The predicted octanol–water partition coefficient (Wildman–Crippen LogP) is 0.281. The van der Waals surface area contributed by atoms with Gasteiger partial charge in [-0.3, -0.25) is 9.59 Å². The maximum Gasteiger partial charge on any atom is 0.279 e. The van der Waals surface area contributed by atoms with Gasteiger partial charge in [0.05, 0.1) is 0 Å². The number of anilines is 2. The molecule has 0 aromatic heterocycles. The molecule has 0 radical (unpaired) electrons. The standard InChI is InChI=1S/C24H32N4O2/c1-17-8-9-21(20(4)14-17)25-22(29)15-27-10-12-28(13-11-27)16-23(30)26-24-18(2)6-5-7-19(24)3/h5-9,14H,10-13,15-16H2,1-4H3,(H,25,29)(H,26,30)/p+2. The van der Waals surface area contributed by atoms with E-state index in [1.54, 1.807) is 0 Å². The summed E-state index contributed by atoms with van der Waals surface area (Å²) in [5, 5.41) is 6.11. The fraction of sp³-hybridized carbons (Fsp3) is 0.417. The number of nitrogens with one attached hydrogen (secondary N) is 4. The van der Waals surface area contributed by atoms with E-state index in [-0.39, 0.29) is 11.8 Å². The molecule has 0 aliphatic carbocycles. The van der Waals surface area contributed by atoms with E-state index >= 15 is 0 Å². The van der Waals surface area contributed by atoms with Gasteiger partial charge in [-0.15, -0.1) is 0 Å². The average molecular weight is 411 g/mol. The van der Waals surface area contributed by atoms with Crippen LogP contribution in [0.15, 0.2) is 36.4 Å². The fourth-order valence-corrected chi connectivity index (χ4v) is 4.11. The first kappa shape index (κ1) is 22.0. The van der Waals surface area contributed by atoms with Gasteiger partial charge in [-0.05, 0) is 50.5 Å². The molecule has 0 atom stereocenters. The van der Waals surface area contributed by atoms with Crippen molar-refractivity contribution in [2.75, 3.05) is 49.9 Å². The summed E-state index contributed by atoms with van der Waals surface area (Å²) in [6.45, 7) is 12.6. The van der Waals surface area contributed by atoms with Crippen molar-refractivity contribution in [3.8, 4) is 0 Å². The largest absolute Gasteiger partial charge is 0.321 e. The highest BCUT2D eigenvalue weighted by Gasteiger charge is 2.26. The molecule has 0 bridgehead atoms. The molecule has 1 fully saturated rings. The van der Waals surface area contributed by atoms with Crippen LogP contribution in [0.3, 0.4) is 0 Å². The number of amides is 2. The third-order valence-corrected chi connectivity index (χ3v) is 5.89. The Morgan fingerprint density at radius 3 is 1.83 bits per heavy atom. The van der Waals surface area contributed by atoms with Gasteiger partial charge in [0.2, 0.25) is 0 Å². The highest BCUT2D eigenvalue weighted by atomic mass is 16.2. The number of quaternary nitrogens is 2. The Balaban J connectivity index is 1.43. The van der Waals surface area contributed by atoms with Crippen molar-refractivity contribution in [2.45, 2.75) is 27.7 Å². The molecule has 6 nitrogen and oxygen atoms in total. The maximum atomic E-state index is 12.5. The lowest BCUT2D eigenvalue weighted by Gasteiger charge is -2.29. The van der Waals surface area contributed by atoms with Crippen LogP contribution in [-0.2, 0) is 9.59 Å². The third kappa shape index (κ3) is 5.90. The second kappa shape index (κ2) is 9.87. The SMILES string of the molecule is Cc1ccc(NC(=O)C[NH+]2CC[NH+](CC(=O)Nc3c(C)cccc3C)CC2)c(C)c1. The van der Waals surface area contributed by atoms with E-state index in [0.717, 1.165) is 54.2 Å². The maximum absolute atomic E-state index is 12.5. The number of hydrogen-bond donors (Lipinski definition) is 4. The van der Waals surface area contributed by atoms with E-state index < -0.39 is 0 Å². The monoisotopic (exact) mass is 410 g/mol. The van der Waals surface area contributed by atoms with Crippen LogP contribution in [0.5, 0.6) is 0 Å². The number of para-hydroxylation sites is 1. The molecule has 2 aromatic carbocycles. The molecule has 1 aliphatic rings. The fourth-order valence-electron chi connectivity index (χ4n) is 4.11. The predicted molar refractivity (Wildman–Crippen MR) is 120 cm³/mol. The Hall–Kier alpha value is -2.70. The van der Waals surface area contributed by atoms with Crippen molar-refractivity contribution in [3.63, 3.8) is 0 Å². The van der Waals surface area contributed by atoms with Crippen LogP contribution < -0.4 is 20.4 Å². The van der Waals surface area contributed by atoms with Gasteiger partial charge >= 0.3 is 0 Å². The van der Waals surface area contributed by atoms with Gasteiger partial charge in [0.15, 0.2) is 13.1 Å². The number of rotatable bonds is 6. The highest BCUT2D eigenvalue weighted by Crippen LogP contribution is 2.19. The number of piperazine rings is 1. The lowest BCUT2D eigenvalue weighted by molar-refractivity contribution is -1.00. The zero-order valence-corrected chi connectivity index (χ0v) is 18.5. The minimum absolute atomic E-state index is 0.0492. The van der Waals surface area contributed by atoms with Crippen LogP contribution in [0.4, 0.5) is 11.4 Å². The van der Waals surface area contributed by atoms with Gasteiger partial charge in [-0.25, -0.2) is 0 Å². The Morgan fingerprint density at radius 2 is 1.30 bits per heavy atom. The normalized spacial score (nSPS) is 18.7. The van der Waals surface area contributed by atoms with Gasteiger partial charge < -0.3 is 20.4 Å². The molecular formula is C24H34N4O2+2. The molecule has 160 valence electrons. The Kier molecular flexibility index (Phi) is 7.24. The van der Waals surface area contributed by atoms with Gasteiger partial charge in [-0.2, -0.15) is 0 Å².